The van der Waals surface area contributed by atoms with Gasteiger partial charge in [0.15, 0.2) is 0 Å². The minimum absolute atomic E-state index is 0.201. The summed E-state index contributed by atoms with van der Waals surface area (Å²) in [7, 11) is 0. The molecule has 1 aliphatic carbocycles. The van der Waals surface area contributed by atoms with Gasteiger partial charge in [-0.3, -0.25) is 0 Å². The third-order valence-corrected chi connectivity index (χ3v) is 13.7. The van der Waals surface area contributed by atoms with Crippen LogP contribution in [0.5, 0.6) is 0 Å². The number of hydrogen-bond acceptors (Lipinski definition) is 1. The summed E-state index contributed by atoms with van der Waals surface area (Å²) in [6, 6.07) is 64.9. The molecule has 0 unspecified atom stereocenters. The molecule has 288 valence electrons. The Morgan fingerprint density at radius 2 is 1.11 bits per heavy atom. The maximum atomic E-state index is 11.2. The van der Waals surface area contributed by atoms with Gasteiger partial charge < -0.3 is 13.7 Å². The lowest BCUT2D eigenvalue weighted by Gasteiger charge is -2.21. The highest BCUT2D eigenvalue weighted by atomic mass is 15.0. The van der Waals surface area contributed by atoms with Crippen molar-refractivity contribution in [1.82, 2.24) is 13.7 Å². The molecular weight excluding hydrogens is 755 g/mol. The van der Waals surface area contributed by atoms with Crippen molar-refractivity contribution >= 4 is 81.9 Å². The summed E-state index contributed by atoms with van der Waals surface area (Å²) < 4.78 is 6.80. The predicted molar refractivity (Wildman–Crippen MR) is 256 cm³/mol. The van der Waals surface area contributed by atoms with Crippen LogP contribution in [0, 0.1) is 17.9 Å². The molecule has 0 fully saturated rings. The van der Waals surface area contributed by atoms with Crippen LogP contribution in [0.4, 0.5) is 5.69 Å². The number of nitrogens with zero attached hydrogens (tertiary/aromatic N) is 5. The van der Waals surface area contributed by atoms with Crippen molar-refractivity contribution in [3.05, 3.63) is 204 Å². The number of hydrogen-bond donors (Lipinski definition) is 0. The minimum atomic E-state index is -0.201. The van der Waals surface area contributed by atoms with Crippen molar-refractivity contribution in [3.8, 4) is 34.3 Å². The largest absolute Gasteiger partial charge is 0.318 e. The van der Waals surface area contributed by atoms with Crippen LogP contribution in [0.25, 0.3) is 109 Å². The van der Waals surface area contributed by atoms with Gasteiger partial charge in [-0.15, -0.1) is 0 Å². The zero-order valence-corrected chi connectivity index (χ0v) is 34.0. The summed E-state index contributed by atoms with van der Waals surface area (Å²) in [4.78, 5) is 4.27. The lowest BCUT2D eigenvalue weighted by atomic mass is 9.82. The summed E-state index contributed by atoms with van der Waals surface area (Å²) >= 11 is 0. The molecule has 0 saturated heterocycles. The fourth-order valence-corrected chi connectivity index (χ4v) is 11.0. The fraction of sp³-hybridized carbons (Fsp3) is 0.0526. The first kappa shape index (κ1) is 34.5. The monoisotopic (exact) mass is 789 g/mol. The molecule has 0 radical (unpaired) electrons. The van der Waals surface area contributed by atoms with E-state index in [2.05, 4.69) is 202 Å². The van der Waals surface area contributed by atoms with E-state index in [4.69, 9.17) is 6.57 Å². The molecular formula is C57H35N5. The van der Waals surface area contributed by atoms with Gasteiger partial charge in [0.25, 0.3) is 0 Å². The Hall–Kier alpha value is -8.38. The van der Waals surface area contributed by atoms with Crippen molar-refractivity contribution < 1.29 is 0 Å². The average molecular weight is 790 g/mol. The molecule has 5 nitrogen and oxygen atoms in total. The van der Waals surface area contributed by atoms with E-state index in [1.54, 1.807) is 0 Å². The van der Waals surface area contributed by atoms with Crippen LogP contribution in [0.3, 0.4) is 0 Å². The van der Waals surface area contributed by atoms with Crippen molar-refractivity contribution in [1.29, 1.82) is 5.26 Å². The molecule has 5 heteroatoms. The molecule has 13 rings (SSSR count). The Balaban J connectivity index is 1.11. The first-order chi connectivity index (χ1) is 30.5. The summed E-state index contributed by atoms with van der Waals surface area (Å²) in [5.41, 5.74) is 14.4. The number of fused-ring (bicyclic) bond motifs is 15. The zero-order chi connectivity index (χ0) is 41.4. The first-order valence-electron chi connectivity index (χ1n) is 21.0. The number of para-hydroxylation sites is 3. The van der Waals surface area contributed by atoms with Crippen LogP contribution in [-0.2, 0) is 5.41 Å². The Morgan fingerprint density at radius 3 is 1.84 bits per heavy atom. The van der Waals surface area contributed by atoms with Crippen molar-refractivity contribution in [3.63, 3.8) is 0 Å². The molecule has 0 spiro atoms. The highest BCUT2D eigenvalue weighted by Crippen LogP contribution is 2.53. The topological polar surface area (TPSA) is 42.9 Å². The third kappa shape index (κ3) is 4.39. The van der Waals surface area contributed by atoms with E-state index in [9.17, 15) is 5.26 Å². The highest BCUT2D eigenvalue weighted by Gasteiger charge is 2.38. The van der Waals surface area contributed by atoms with E-state index in [0.29, 0.717) is 22.6 Å². The molecule has 0 bridgehead atoms. The second-order valence-electron chi connectivity index (χ2n) is 17.1. The van der Waals surface area contributed by atoms with Gasteiger partial charge >= 0.3 is 0 Å². The number of rotatable bonds is 3. The van der Waals surface area contributed by atoms with Gasteiger partial charge in [0, 0.05) is 49.0 Å². The minimum Gasteiger partial charge on any atom is -0.318 e. The van der Waals surface area contributed by atoms with Gasteiger partial charge in [0.2, 0.25) is 5.69 Å². The van der Waals surface area contributed by atoms with Gasteiger partial charge in [-0.2, -0.15) is 5.26 Å². The van der Waals surface area contributed by atoms with Crippen LogP contribution >= 0.6 is 0 Å². The summed E-state index contributed by atoms with van der Waals surface area (Å²) in [6.45, 7) is 13.4. The number of nitriles is 1. The Bertz CT molecular complexity index is 3990. The first-order valence-corrected chi connectivity index (χ1v) is 21.0. The Kier molecular flexibility index (Phi) is 6.86. The fourth-order valence-electron chi connectivity index (χ4n) is 11.0. The molecule has 0 saturated carbocycles. The normalized spacial score (nSPS) is 13.1. The lowest BCUT2D eigenvalue weighted by Crippen LogP contribution is -2.14. The van der Waals surface area contributed by atoms with E-state index in [1.165, 1.54) is 33.0 Å². The summed E-state index contributed by atoms with van der Waals surface area (Å²) in [5.74, 6) is 0. The van der Waals surface area contributed by atoms with E-state index < -0.39 is 0 Å². The molecule has 1 aliphatic rings. The molecule has 3 aromatic heterocycles. The van der Waals surface area contributed by atoms with E-state index in [0.717, 1.165) is 71.1 Å². The molecule has 0 aliphatic heterocycles. The van der Waals surface area contributed by atoms with Crippen LogP contribution in [0.2, 0.25) is 0 Å². The van der Waals surface area contributed by atoms with Gasteiger partial charge in [-0.05, 0) is 82.1 Å². The van der Waals surface area contributed by atoms with Crippen LogP contribution in [-0.4, -0.2) is 13.7 Å². The van der Waals surface area contributed by atoms with Gasteiger partial charge in [-0.1, -0.05) is 135 Å². The SMILES string of the molecule is [C-]#[N+]c1cc(-n2c3ccc(-n4c5ccccc5c5ccccc54)cc3c3c4ccccc4ccc32)c(C#N)cc1-n1c2ccccc2c2ccc3c(c21)-c1ccccc1C3(C)C. The molecule has 3 heterocycles. The van der Waals surface area contributed by atoms with Gasteiger partial charge in [0.05, 0.1) is 56.6 Å². The number of benzene rings is 9. The average Bonchev–Trinajstić information content (AvgIpc) is 4.02. The van der Waals surface area contributed by atoms with E-state index in [-0.39, 0.29) is 5.41 Å². The van der Waals surface area contributed by atoms with Gasteiger partial charge in [0.1, 0.15) is 6.07 Å². The molecule has 9 aromatic carbocycles. The Labute approximate surface area is 357 Å². The summed E-state index contributed by atoms with van der Waals surface area (Å²) in [6.07, 6.45) is 0. The molecule has 0 atom stereocenters. The molecule has 0 N–H and O–H groups in total. The second-order valence-corrected chi connectivity index (χ2v) is 17.1. The van der Waals surface area contributed by atoms with Crippen molar-refractivity contribution in [2.45, 2.75) is 19.3 Å². The summed E-state index contributed by atoms with van der Waals surface area (Å²) in [5, 5.41) is 20.3. The van der Waals surface area contributed by atoms with E-state index >= 15 is 0 Å². The lowest BCUT2D eigenvalue weighted by molar-refractivity contribution is 0.661. The van der Waals surface area contributed by atoms with Crippen molar-refractivity contribution in [2.75, 3.05) is 0 Å². The maximum Gasteiger partial charge on any atom is 0.212 e. The van der Waals surface area contributed by atoms with Crippen LogP contribution in [0.15, 0.2) is 176 Å². The van der Waals surface area contributed by atoms with Crippen LogP contribution in [0.1, 0.15) is 30.5 Å². The third-order valence-electron chi connectivity index (χ3n) is 13.7. The van der Waals surface area contributed by atoms with E-state index in [1.807, 2.05) is 12.1 Å². The smallest absolute Gasteiger partial charge is 0.212 e. The van der Waals surface area contributed by atoms with Crippen LogP contribution < -0.4 is 0 Å². The standard InChI is InChI=1S/C57H35N5/c1-57(2)44-20-10-6-19-42(44)55-45(57)27-26-41-40-18-9-13-23-49(40)62(56(41)55)53-30-35(33-58)52(32-46(53)59-3)61-50-29-25-36(31-43(50)54-37-15-5-4-14-34(37)24-28-51(54)61)60-47-21-11-7-16-38(47)39-17-8-12-22-48(39)60/h4-32H,1-2H3. The number of aromatic nitrogens is 3. The highest BCUT2D eigenvalue weighted by molar-refractivity contribution is 6.22. The van der Waals surface area contributed by atoms with Crippen molar-refractivity contribution in [2.24, 2.45) is 0 Å². The maximum absolute atomic E-state index is 11.2. The zero-order valence-electron chi connectivity index (χ0n) is 34.0. The second kappa shape index (κ2) is 12.3. The Morgan fingerprint density at radius 1 is 0.500 bits per heavy atom. The predicted octanol–water partition coefficient (Wildman–Crippen LogP) is 14.9. The molecule has 0 amide bonds. The molecule has 62 heavy (non-hydrogen) atoms. The quantitative estimate of drug-likeness (QED) is 0.164. The molecule has 12 aromatic rings. The van der Waals surface area contributed by atoms with Gasteiger partial charge in [-0.25, -0.2) is 4.85 Å².